The Labute approximate surface area is 155 Å². The van der Waals surface area contributed by atoms with Crippen molar-refractivity contribution >= 4 is 18.4 Å². The number of H-pyrrole nitrogens is 1. The molecule has 0 saturated carbocycles. The van der Waals surface area contributed by atoms with Crippen molar-refractivity contribution in [3.63, 3.8) is 0 Å². The molecule has 1 N–H and O–H groups in total. The van der Waals surface area contributed by atoms with Gasteiger partial charge < -0.3 is 13.9 Å². The minimum Gasteiger partial charge on any atom is -0.490 e. The maximum Gasteiger partial charge on any atom is 0.219 e. The molecule has 2 heterocycles. The van der Waals surface area contributed by atoms with Gasteiger partial charge in [0.2, 0.25) is 10.6 Å². The van der Waals surface area contributed by atoms with Crippen molar-refractivity contribution in [2.45, 2.75) is 6.92 Å². The van der Waals surface area contributed by atoms with Crippen LogP contribution in [-0.2, 0) is 0 Å². The van der Waals surface area contributed by atoms with Gasteiger partial charge in [-0.25, -0.2) is 5.10 Å². The van der Waals surface area contributed by atoms with Crippen molar-refractivity contribution in [2.75, 3.05) is 13.2 Å². The number of furan rings is 1. The Morgan fingerprint density at radius 3 is 3.00 bits per heavy atom. The average Bonchev–Trinajstić information content (AvgIpc) is 3.29. The molecule has 0 saturated heterocycles. The van der Waals surface area contributed by atoms with Crippen molar-refractivity contribution in [3.8, 4) is 35.4 Å². The summed E-state index contributed by atoms with van der Waals surface area (Å²) < 4.78 is 18.3. The van der Waals surface area contributed by atoms with E-state index in [-0.39, 0.29) is 6.61 Å². The molecule has 0 bridgehead atoms. The highest BCUT2D eigenvalue weighted by atomic mass is 32.1. The Kier molecular flexibility index (Phi) is 5.51. The van der Waals surface area contributed by atoms with Crippen LogP contribution in [0.25, 0.3) is 11.6 Å². The highest BCUT2D eigenvalue weighted by Gasteiger charge is 2.11. The topological polar surface area (TPSA) is 77.6 Å². The van der Waals surface area contributed by atoms with E-state index in [9.17, 15) is 0 Å². The summed E-state index contributed by atoms with van der Waals surface area (Å²) in [5, 5.41) is 11.2. The van der Waals surface area contributed by atoms with Gasteiger partial charge in [-0.15, -0.1) is 11.5 Å². The summed E-state index contributed by atoms with van der Waals surface area (Å²) >= 11 is 5.22. The molecule has 3 aromatic rings. The molecule has 7 nitrogen and oxygen atoms in total. The number of nitrogens with one attached hydrogen (secondary N) is 1. The average molecular weight is 368 g/mol. The molecule has 0 fully saturated rings. The molecule has 0 aliphatic carbocycles. The van der Waals surface area contributed by atoms with Crippen LogP contribution in [0.4, 0.5) is 0 Å². The van der Waals surface area contributed by atoms with Crippen molar-refractivity contribution in [1.82, 2.24) is 14.9 Å². The first kappa shape index (κ1) is 17.5. The van der Waals surface area contributed by atoms with Crippen molar-refractivity contribution < 1.29 is 13.9 Å². The molecule has 0 amide bonds. The molecule has 0 spiro atoms. The first-order chi connectivity index (χ1) is 12.7. The van der Waals surface area contributed by atoms with Gasteiger partial charge in [-0.1, -0.05) is 5.92 Å². The van der Waals surface area contributed by atoms with E-state index in [0.717, 1.165) is 5.56 Å². The highest BCUT2D eigenvalue weighted by molar-refractivity contribution is 7.71. The van der Waals surface area contributed by atoms with Gasteiger partial charge in [0.25, 0.3) is 0 Å². The summed E-state index contributed by atoms with van der Waals surface area (Å²) in [6, 6.07) is 8.99. The third-order valence-electron chi connectivity index (χ3n) is 3.29. The standard InChI is InChI=1S/C18H16N4O3S/c1-3-9-24-14-8-7-13(11-16(14)23-4-2)12-19-22-17(20-21-18(22)26)15-6-5-10-25-15/h1,5-8,10-12H,4,9H2,2H3,(H,21,26)/b19-12-. The summed E-state index contributed by atoms with van der Waals surface area (Å²) in [7, 11) is 0. The van der Waals surface area contributed by atoms with Crippen LogP contribution in [0.1, 0.15) is 12.5 Å². The van der Waals surface area contributed by atoms with E-state index < -0.39 is 0 Å². The molecule has 3 rings (SSSR count). The molecule has 0 radical (unpaired) electrons. The molecule has 8 heteroatoms. The summed E-state index contributed by atoms with van der Waals surface area (Å²) in [4.78, 5) is 0. The summed E-state index contributed by atoms with van der Waals surface area (Å²) in [6.07, 6.45) is 8.44. The first-order valence-electron chi connectivity index (χ1n) is 7.81. The van der Waals surface area contributed by atoms with Gasteiger partial charge in [-0.2, -0.15) is 9.78 Å². The number of terminal acetylenes is 1. The van der Waals surface area contributed by atoms with Crippen LogP contribution in [-0.4, -0.2) is 34.3 Å². The van der Waals surface area contributed by atoms with Crippen LogP contribution in [0.15, 0.2) is 46.1 Å². The van der Waals surface area contributed by atoms with Crippen molar-refractivity contribution in [1.29, 1.82) is 0 Å². The number of ether oxygens (including phenoxy) is 2. The van der Waals surface area contributed by atoms with E-state index in [1.807, 2.05) is 19.1 Å². The largest absolute Gasteiger partial charge is 0.490 e. The van der Waals surface area contributed by atoms with Crippen LogP contribution in [0, 0.1) is 17.1 Å². The predicted molar refractivity (Wildman–Crippen MR) is 100 cm³/mol. The zero-order valence-corrected chi connectivity index (χ0v) is 14.8. The molecule has 0 aliphatic rings. The van der Waals surface area contributed by atoms with Gasteiger partial charge in [0.1, 0.15) is 6.61 Å². The van der Waals surface area contributed by atoms with Gasteiger partial charge in [-0.05, 0) is 55.0 Å². The fourth-order valence-corrected chi connectivity index (χ4v) is 2.38. The summed E-state index contributed by atoms with van der Waals surface area (Å²) in [6.45, 7) is 2.57. The second-order valence-corrected chi connectivity index (χ2v) is 5.40. The minimum atomic E-state index is 0.171. The predicted octanol–water partition coefficient (Wildman–Crippen LogP) is 3.49. The van der Waals surface area contributed by atoms with Crippen molar-refractivity contribution in [3.05, 3.63) is 46.9 Å². The zero-order chi connectivity index (χ0) is 18.4. The fraction of sp³-hybridized carbons (Fsp3) is 0.167. The maximum absolute atomic E-state index is 5.60. The second-order valence-electron chi connectivity index (χ2n) is 5.02. The quantitative estimate of drug-likeness (QED) is 0.392. The Bertz CT molecular complexity index is 996. The van der Waals surface area contributed by atoms with Crippen LogP contribution in [0.5, 0.6) is 11.5 Å². The van der Waals surface area contributed by atoms with E-state index in [1.165, 1.54) is 4.68 Å². The highest BCUT2D eigenvalue weighted by Crippen LogP contribution is 2.28. The maximum atomic E-state index is 5.60. The van der Waals surface area contributed by atoms with Crippen LogP contribution in [0.2, 0.25) is 0 Å². The number of benzene rings is 1. The second kappa shape index (κ2) is 8.18. The number of hydrogen-bond acceptors (Lipinski definition) is 6. The lowest BCUT2D eigenvalue weighted by molar-refractivity contribution is 0.299. The first-order valence-corrected chi connectivity index (χ1v) is 8.22. The smallest absolute Gasteiger partial charge is 0.219 e. The number of nitrogens with zero attached hydrogens (tertiary/aromatic N) is 3. The van der Waals surface area contributed by atoms with E-state index in [2.05, 4.69) is 21.2 Å². The molecule has 26 heavy (non-hydrogen) atoms. The monoisotopic (exact) mass is 368 g/mol. The van der Waals surface area contributed by atoms with Gasteiger partial charge in [0, 0.05) is 0 Å². The van der Waals surface area contributed by atoms with E-state index >= 15 is 0 Å². The number of rotatable bonds is 7. The van der Waals surface area contributed by atoms with Gasteiger partial charge >= 0.3 is 0 Å². The Hall–Kier alpha value is -3.31. The molecule has 132 valence electrons. The third kappa shape index (κ3) is 3.84. The molecule has 2 aromatic heterocycles. The lowest BCUT2D eigenvalue weighted by Gasteiger charge is -2.10. The SMILES string of the molecule is C#CCOc1ccc(/C=N\n2c(-c3ccco3)n[nH]c2=S)cc1OCC. The minimum absolute atomic E-state index is 0.171. The summed E-state index contributed by atoms with van der Waals surface area (Å²) in [5.41, 5.74) is 0.801. The molecular weight excluding hydrogens is 352 g/mol. The van der Waals surface area contributed by atoms with Gasteiger partial charge in [0.05, 0.1) is 19.1 Å². The van der Waals surface area contributed by atoms with Crippen molar-refractivity contribution in [2.24, 2.45) is 5.10 Å². The van der Waals surface area contributed by atoms with E-state index in [0.29, 0.717) is 34.5 Å². The third-order valence-corrected chi connectivity index (χ3v) is 3.56. The zero-order valence-electron chi connectivity index (χ0n) is 14.0. The van der Waals surface area contributed by atoms with Gasteiger partial charge in [-0.3, -0.25) is 0 Å². The lowest BCUT2D eigenvalue weighted by atomic mass is 10.2. The van der Waals surface area contributed by atoms with E-state index in [1.54, 1.807) is 30.7 Å². The fourth-order valence-electron chi connectivity index (χ4n) is 2.20. The molecule has 0 atom stereocenters. The van der Waals surface area contributed by atoms with Gasteiger partial charge in [0.15, 0.2) is 17.3 Å². The number of aromatic nitrogens is 3. The molecular formula is C18H16N4O3S. The van der Waals surface area contributed by atoms with E-state index in [4.69, 9.17) is 32.5 Å². The Morgan fingerprint density at radius 2 is 2.27 bits per heavy atom. The molecule has 1 aromatic carbocycles. The van der Waals surface area contributed by atoms with Crippen LogP contribution in [0.3, 0.4) is 0 Å². The van der Waals surface area contributed by atoms with Crippen LogP contribution >= 0.6 is 12.2 Å². The number of hydrogen-bond donors (Lipinski definition) is 1. The Morgan fingerprint density at radius 1 is 1.38 bits per heavy atom. The molecule has 0 unspecified atom stereocenters. The summed E-state index contributed by atoms with van der Waals surface area (Å²) in [5.74, 6) is 4.64. The Balaban J connectivity index is 1.90. The lowest BCUT2D eigenvalue weighted by Crippen LogP contribution is -2.00. The number of aromatic amines is 1. The van der Waals surface area contributed by atoms with Crippen LogP contribution < -0.4 is 9.47 Å². The normalized spacial score (nSPS) is 10.8. The molecule has 0 aliphatic heterocycles.